The van der Waals surface area contributed by atoms with Crippen LogP contribution >= 0.6 is 22.9 Å². The van der Waals surface area contributed by atoms with Crippen LogP contribution in [0.1, 0.15) is 22.9 Å². The Hall–Kier alpha value is -2.16. The van der Waals surface area contributed by atoms with E-state index in [9.17, 15) is 8.42 Å². The molecule has 0 saturated heterocycles. The summed E-state index contributed by atoms with van der Waals surface area (Å²) in [5, 5.41) is 7.43. The second-order valence-electron chi connectivity index (χ2n) is 6.21. The minimum Gasteiger partial charge on any atom is -0.497 e. The van der Waals surface area contributed by atoms with Gasteiger partial charge in [-0.3, -0.25) is 0 Å². The Labute approximate surface area is 166 Å². The van der Waals surface area contributed by atoms with Crippen molar-refractivity contribution in [3.05, 3.63) is 57.4 Å². The molecule has 140 valence electrons. The van der Waals surface area contributed by atoms with E-state index in [1.807, 2.05) is 35.7 Å². The number of fused-ring (bicyclic) bond motifs is 1. The van der Waals surface area contributed by atoms with Gasteiger partial charge in [0.2, 0.25) is 10.0 Å². The predicted octanol–water partition coefficient (Wildman–Crippen LogP) is 4.07. The molecule has 0 fully saturated rings. The maximum atomic E-state index is 12.3. The van der Waals surface area contributed by atoms with Crippen LogP contribution in [0.15, 0.2) is 46.9 Å². The number of hydrogen-bond donors (Lipinski definition) is 0. The molecule has 9 heteroatoms. The zero-order valence-corrected chi connectivity index (χ0v) is 17.0. The molecule has 0 spiro atoms. The van der Waals surface area contributed by atoms with Crippen LogP contribution < -0.4 is 4.74 Å². The normalized spacial score (nSPS) is 17.4. The zero-order chi connectivity index (χ0) is 19.2. The van der Waals surface area contributed by atoms with Gasteiger partial charge in [0.15, 0.2) is 0 Å². The van der Waals surface area contributed by atoms with Crippen LogP contribution in [0.25, 0.3) is 10.9 Å². The Morgan fingerprint density at radius 2 is 2.11 bits per heavy atom. The molecular weight excluding hydrogens is 406 g/mol. The first kappa shape index (κ1) is 18.2. The fourth-order valence-electron chi connectivity index (χ4n) is 3.12. The third-order valence-corrected chi connectivity index (χ3v) is 6.62. The van der Waals surface area contributed by atoms with Crippen LogP contribution in [0.5, 0.6) is 5.75 Å². The third-order valence-electron chi connectivity index (χ3n) is 4.38. The van der Waals surface area contributed by atoms with Crippen molar-refractivity contribution in [2.75, 3.05) is 13.4 Å². The highest BCUT2D eigenvalue weighted by Gasteiger charge is 2.36. The lowest BCUT2D eigenvalue weighted by Gasteiger charge is -2.22. The second kappa shape index (κ2) is 6.78. The lowest BCUT2D eigenvalue weighted by atomic mass is 10.0. The van der Waals surface area contributed by atoms with Crippen molar-refractivity contribution in [2.45, 2.75) is 12.5 Å². The fraction of sp³-hybridized carbons (Fsp3) is 0.222. The van der Waals surface area contributed by atoms with E-state index in [0.717, 1.165) is 26.6 Å². The molecule has 3 heterocycles. The van der Waals surface area contributed by atoms with Crippen LogP contribution in [0.3, 0.4) is 0 Å². The first-order chi connectivity index (χ1) is 12.9. The number of hydrazone groups is 1. The van der Waals surface area contributed by atoms with E-state index < -0.39 is 16.1 Å². The molecule has 0 aliphatic carbocycles. The summed E-state index contributed by atoms with van der Waals surface area (Å²) in [5.41, 5.74) is 2.05. The van der Waals surface area contributed by atoms with E-state index in [-0.39, 0.29) is 5.15 Å². The first-order valence-corrected chi connectivity index (χ1v) is 11.2. The van der Waals surface area contributed by atoms with Crippen LogP contribution in [-0.4, -0.2) is 36.9 Å². The zero-order valence-electron chi connectivity index (χ0n) is 14.6. The molecule has 0 unspecified atom stereocenters. The van der Waals surface area contributed by atoms with Crippen molar-refractivity contribution < 1.29 is 13.2 Å². The number of pyridine rings is 1. The standard InChI is InChI=1S/C18H16ClN3O3S2/c1-25-12-6-5-11-8-13(18(19)20-14(11)9-12)16-10-15(17-4-3-7-26-17)21-22(16)27(2,23)24/h3-9,16H,10H2,1-2H3/t16-/m0/s1. The molecule has 0 bridgehead atoms. The van der Waals surface area contributed by atoms with Gasteiger partial charge in [-0.15, -0.1) is 11.3 Å². The van der Waals surface area contributed by atoms with E-state index in [2.05, 4.69) is 10.1 Å². The lowest BCUT2D eigenvalue weighted by molar-refractivity contribution is 0.374. The SMILES string of the molecule is COc1ccc2cc([C@@H]3CC(c4cccs4)=NN3S(C)(=O)=O)c(Cl)nc2c1. The monoisotopic (exact) mass is 421 g/mol. The Kier molecular flexibility index (Phi) is 4.57. The van der Waals surface area contributed by atoms with E-state index in [1.54, 1.807) is 13.2 Å². The molecular formula is C18H16ClN3O3S2. The quantitative estimate of drug-likeness (QED) is 0.595. The highest BCUT2D eigenvalue weighted by Crippen LogP contribution is 2.39. The number of aromatic nitrogens is 1. The molecule has 3 aromatic rings. The van der Waals surface area contributed by atoms with Gasteiger partial charge in [-0.2, -0.15) is 9.52 Å². The van der Waals surface area contributed by atoms with Crippen LogP contribution in [0.4, 0.5) is 0 Å². The number of rotatable bonds is 4. The molecule has 0 N–H and O–H groups in total. The van der Waals surface area contributed by atoms with Crippen molar-refractivity contribution in [3.8, 4) is 5.75 Å². The minimum absolute atomic E-state index is 0.261. The molecule has 2 aromatic heterocycles. The molecule has 6 nitrogen and oxygen atoms in total. The number of benzene rings is 1. The maximum Gasteiger partial charge on any atom is 0.247 e. The summed E-state index contributed by atoms with van der Waals surface area (Å²) in [4.78, 5) is 5.39. The highest BCUT2D eigenvalue weighted by atomic mass is 35.5. The van der Waals surface area contributed by atoms with Gasteiger partial charge in [-0.05, 0) is 29.6 Å². The number of hydrogen-bond acceptors (Lipinski definition) is 6. The van der Waals surface area contributed by atoms with E-state index in [4.69, 9.17) is 16.3 Å². The number of ether oxygens (including phenoxy) is 1. The highest BCUT2D eigenvalue weighted by molar-refractivity contribution is 7.88. The summed E-state index contributed by atoms with van der Waals surface area (Å²) in [6.45, 7) is 0. The average Bonchev–Trinajstić information content (AvgIpc) is 3.29. The summed E-state index contributed by atoms with van der Waals surface area (Å²) < 4.78 is 31.0. The summed E-state index contributed by atoms with van der Waals surface area (Å²) >= 11 is 7.97. The Balaban J connectivity index is 1.80. The summed E-state index contributed by atoms with van der Waals surface area (Å²) in [6.07, 6.45) is 1.59. The predicted molar refractivity (Wildman–Crippen MR) is 108 cm³/mol. The van der Waals surface area contributed by atoms with Gasteiger partial charge in [-0.25, -0.2) is 13.4 Å². The van der Waals surface area contributed by atoms with Gasteiger partial charge in [0.05, 0.1) is 35.5 Å². The fourth-order valence-corrected chi connectivity index (χ4v) is 5.01. The molecule has 1 aliphatic heterocycles. The van der Waals surface area contributed by atoms with Crippen LogP contribution in [-0.2, 0) is 10.0 Å². The third kappa shape index (κ3) is 3.40. The van der Waals surface area contributed by atoms with Crippen LogP contribution in [0, 0.1) is 0 Å². The maximum absolute atomic E-state index is 12.3. The number of nitrogens with zero attached hydrogens (tertiary/aromatic N) is 3. The molecule has 1 atom stereocenters. The molecule has 4 rings (SSSR count). The number of sulfonamides is 1. The lowest BCUT2D eigenvalue weighted by Crippen LogP contribution is -2.26. The summed E-state index contributed by atoms with van der Waals surface area (Å²) in [5.74, 6) is 0.681. The molecule has 0 radical (unpaired) electrons. The Bertz CT molecular complexity index is 1140. The van der Waals surface area contributed by atoms with Crippen molar-refractivity contribution in [1.82, 2.24) is 9.40 Å². The van der Waals surface area contributed by atoms with Gasteiger partial charge >= 0.3 is 0 Å². The molecule has 27 heavy (non-hydrogen) atoms. The molecule has 1 aromatic carbocycles. The Morgan fingerprint density at radius 3 is 2.78 bits per heavy atom. The average molecular weight is 422 g/mol. The second-order valence-corrected chi connectivity index (χ2v) is 9.35. The van der Waals surface area contributed by atoms with Crippen molar-refractivity contribution in [1.29, 1.82) is 0 Å². The van der Waals surface area contributed by atoms with Gasteiger partial charge < -0.3 is 4.74 Å². The summed E-state index contributed by atoms with van der Waals surface area (Å²) in [6, 6.07) is 10.7. The van der Waals surface area contributed by atoms with Gasteiger partial charge in [0, 0.05) is 23.4 Å². The van der Waals surface area contributed by atoms with E-state index >= 15 is 0 Å². The number of halogens is 1. The van der Waals surface area contributed by atoms with Gasteiger partial charge in [-0.1, -0.05) is 17.7 Å². The number of methoxy groups -OCH3 is 1. The summed E-state index contributed by atoms with van der Waals surface area (Å²) in [7, 11) is -1.97. The van der Waals surface area contributed by atoms with Crippen molar-refractivity contribution in [2.24, 2.45) is 5.10 Å². The number of thiophene rings is 1. The van der Waals surface area contributed by atoms with Crippen molar-refractivity contribution in [3.63, 3.8) is 0 Å². The van der Waals surface area contributed by atoms with Gasteiger partial charge in [0.1, 0.15) is 10.9 Å². The first-order valence-electron chi connectivity index (χ1n) is 8.12. The minimum atomic E-state index is -3.56. The van der Waals surface area contributed by atoms with E-state index in [1.165, 1.54) is 11.3 Å². The van der Waals surface area contributed by atoms with E-state index in [0.29, 0.717) is 23.3 Å². The molecule has 1 aliphatic rings. The van der Waals surface area contributed by atoms with Crippen LogP contribution in [0.2, 0.25) is 5.15 Å². The van der Waals surface area contributed by atoms with Gasteiger partial charge in [0.25, 0.3) is 0 Å². The molecule has 0 saturated carbocycles. The smallest absolute Gasteiger partial charge is 0.247 e. The largest absolute Gasteiger partial charge is 0.497 e. The van der Waals surface area contributed by atoms with Crippen molar-refractivity contribution >= 4 is 49.6 Å². The molecule has 0 amide bonds. The topological polar surface area (TPSA) is 71.9 Å². The Morgan fingerprint density at radius 1 is 1.30 bits per heavy atom.